The predicted octanol–water partition coefficient (Wildman–Crippen LogP) is 1.98. The van der Waals surface area contributed by atoms with Gasteiger partial charge in [-0.25, -0.2) is 4.79 Å². The van der Waals surface area contributed by atoms with Gasteiger partial charge in [0.15, 0.2) is 0 Å². The highest BCUT2D eigenvalue weighted by Gasteiger charge is 2.15. The minimum absolute atomic E-state index is 0.382. The number of ether oxygens (including phenoxy) is 1. The summed E-state index contributed by atoms with van der Waals surface area (Å²) in [5.74, 6) is 0.368. The molecular weight excluding hydrogens is 268 g/mol. The van der Waals surface area contributed by atoms with Crippen LogP contribution in [-0.2, 0) is 4.74 Å². The van der Waals surface area contributed by atoms with Gasteiger partial charge in [-0.15, -0.1) is 0 Å². The number of nitrogens with one attached hydrogen (secondary N) is 2. The number of esters is 1. The van der Waals surface area contributed by atoms with Crippen molar-refractivity contribution < 1.29 is 14.6 Å². The molecule has 1 aromatic carbocycles. The lowest BCUT2D eigenvalue weighted by molar-refractivity contribution is 0.0600. The van der Waals surface area contributed by atoms with Crippen LogP contribution in [0.5, 0.6) is 0 Å². The van der Waals surface area contributed by atoms with Crippen LogP contribution in [0.15, 0.2) is 24.3 Å². The van der Waals surface area contributed by atoms with E-state index in [1.165, 1.54) is 32.8 Å². The summed E-state index contributed by atoms with van der Waals surface area (Å²) in [5.41, 5.74) is 1.17. The standard InChI is InChI=1S/C16H24N2O3/c1-21-16(20)13-7-4-8-14(9-13)18-15(19)11-17-10-12-5-2-3-6-12/h4,7-9,12,15,17-19H,2-3,5-6,10-11H2,1H3. The second-order valence-corrected chi connectivity index (χ2v) is 5.54. The van der Waals surface area contributed by atoms with E-state index in [1.807, 2.05) is 6.07 Å². The maximum absolute atomic E-state index is 11.4. The van der Waals surface area contributed by atoms with Crippen LogP contribution in [0, 0.1) is 5.92 Å². The van der Waals surface area contributed by atoms with E-state index in [0.29, 0.717) is 17.8 Å². The molecule has 1 aromatic rings. The Kier molecular flexibility index (Phi) is 6.02. The van der Waals surface area contributed by atoms with Crippen LogP contribution in [0.3, 0.4) is 0 Å². The number of hydrogen-bond donors (Lipinski definition) is 3. The summed E-state index contributed by atoms with van der Waals surface area (Å²) < 4.78 is 4.68. The average Bonchev–Trinajstić information content (AvgIpc) is 3.00. The first kappa shape index (κ1) is 15.8. The molecule has 0 radical (unpaired) electrons. The maximum atomic E-state index is 11.4. The van der Waals surface area contributed by atoms with Gasteiger partial charge in [0.2, 0.25) is 0 Å². The number of aliphatic hydroxyl groups excluding tert-OH is 1. The Balaban J connectivity index is 1.76. The summed E-state index contributed by atoms with van der Waals surface area (Å²) >= 11 is 0. The molecule has 1 unspecified atom stereocenters. The van der Waals surface area contributed by atoms with Gasteiger partial charge in [0.1, 0.15) is 6.23 Å². The first-order valence-electron chi connectivity index (χ1n) is 7.52. The van der Waals surface area contributed by atoms with Crippen LogP contribution in [-0.4, -0.2) is 37.5 Å². The molecule has 3 N–H and O–H groups in total. The molecule has 1 aliphatic rings. The molecule has 1 aliphatic carbocycles. The highest BCUT2D eigenvalue weighted by molar-refractivity contribution is 5.90. The summed E-state index contributed by atoms with van der Waals surface area (Å²) in [6, 6.07) is 6.92. The molecule has 5 heteroatoms. The third-order valence-electron chi connectivity index (χ3n) is 3.86. The Morgan fingerprint density at radius 3 is 2.90 bits per heavy atom. The van der Waals surface area contributed by atoms with Crippen molar-refractivity contribution in [3.8, 4) is 0 Å². The first-order chi connectivity index (χ1) is 10.2. The van der Waals surface area contributed by atoms with Gasteiger partial charge in [-0.2, -0.15) is 0 Å². The molecular formula is C16H24N2O3. The lowest BCUT2D eigenvalue weighted by Crippen LogP contribution is -2.34. The van der Waals surface area contributed by atoms with Crippen LogP contribution in [0.1, 0.15) is 36.0 Å². The van der Waals surface area contributed by atoms with Gasteiger partial charge in [0, 0.05) is 12.2 Å². The molecule has 5 nitrogen and oxygen atoms in total. The minimum Gasteiger partial charge on any atom is -0.465 e. The van der Waals surface area contributed by atoms with E-state index in [-0.39, 0.29) is 5.97 Å². The normalized spacial score (nSPS) is 16.7. The van der Waals surface area contributed by atoms with Crippen LogP contribution in [0.4, 0.5) is 5.69 Å². The van der Waals surface area contributed by atoms with Gasteiger partial charge in [0.05, 0.1) is 12.7 Å². The molecule has 1 fully saturated rings. The Bertz CT molecular complexity index is 459. The Labute approximate surface area is 125 Å². The summed E-state index contributed by atoms with van der Waals surface area (Å²) in [4.78, 5) is 11.4. The van der Waals surface area contributed by atoms with Crippen molar-refractivity contribution in [2.75, 3.05) is 25.5 Å². The third kappa shape index (κ3) is 5.02. The fourth-order valence-corrected chi connectivity index (χ4v) is 2.74. The number of anilines is 1. The zero-order valence-electron chi connectivity index (χ0n) is 12.5. The summed E-state index contributed by atoms with van der Waals surface area (Å²) in [6.07, 6.45) is 4.55. The van der Waals surface area contributed by atoms with Crippen molar-refractivity contribution in [1.29, 1.82) is 0 Å². The van der Waals surface area contributed by atoms with Crippen LogP contribution in [0.25, 0.3) is 0 Å². The van der Waals surface area contributed by atoms with E-state index in [1.54, 1.807) is 18.2 Å². The van der Waals surface area contributed by atoms with Crippen LogP contribution < -0.4 is 10.6 Å². The molecule has 116 valence electrons. The first-order valence-corrected chi connectivity index (χ1v) is 7.52. The van der Waals surface area contributed by atoms with E-state index in [0.717, 1.165) is 12.5 Å². The Morgan fingerprint density at radius 1 is 1.43 bits per heavy atom. The molecule has 1 atom stereocenters. The van der Waals surface area contributed by atoms with Gasteiger partial charge >= 0.3 is 5.97 Å². The van der Waals surface area contributed by atoms with E-state index in [9.17, 15) is 9.90 Å². The second-order valence-electron chi connectivity index (χ2n) is 5.54. The number of carbonyl (C=O) groups excluding carboxylic acids is 1. The van der Waals surface area contributed by atoms with E-state index in [4.69, 9.17) is 0 Å². The quantitative estimate of drug-likeness (QED) is 0.529. The fourth-order valence-electron chi connectivity index (χ4n) is 2.74. The highest BCUT2D eigenvalue weighted by Crippen LogP contribution is 2.23. The number of hydrogen-bond acceptors (Lipinski definition) is 5. The number of methoxy groups -OCH3 is 1. The van der Waals surface area contributed by atoms with E-state index < -0.39 is 6.23 Å². The zero-order valence-corrected chi connectivity index (χ0v) is 12.5. The Morgan fingerprint density at radius 2 is 2.19 bits per heavy atom. The van der Waals surface area contributed by atoms with Crippen LogP contribution >= 0.6 is 0 Å². The van der Waals surface area contributed by atoms with E-state index >= 15 is 0 Å². The molecule has 2 rings (SSSR count). The topological polar surface area (TPSA) is 70.6 Å². The van der Waals surface area contributed by atoms with Gasteiger partial charge in [-0.3, -0.25) is 0 Å². The van der Waals surface area contributed by atoms with Gasteiger partial charge in [0.25, 0.3) is 0 Å². The van der Waals surface area contributed by atoms with Crippen molar-refractivity contribution >= 4 is 11.7 Å². The Hall–Kier alpha value is -1.59. The van der Waals surface area contributed by atoms with Gasteiger partial charge in [-0.05, 0) is 43.5 Å². The number of aliphatic hydroxyl groups is 1. The zero-order chi connectivity index (χ0) is 15.1. The van der Waals surface area contributed by atoms with Crippen molar-refractivity contribution in [2.24, 2.45) is 5.92 Å². The average molecular weight is 292 g/mol. The molecule has 1 saturated carbocycles. The molecule has 0 aliphatic heterocycles. The smallest absolute Gasteiger partial charge is 0.337 e. The lowest BCUT2D eigenvalue weighted by Gasteiger charge is -2.17. The molecule has 0 saturated heterocycles. The predicted molar refractivity (Wildman–Crippen MR) is 82.2 cm³/mol. The number of rotatable bonds is 7. The molecule has 0 spiro atoms. The maximum Gasteiger partial charge on any atom is 0.337 e. The molecule has 0 bridgehead atoms. The SMILES string of the molecule is COC(=O)c1cccc(NC(O)CNCC2CCCC2)c1. The minimum atomic E-state index is -0.681. The monoisotopic (exact) mass is 292 g/mol. The fraction of sp³-hybridized carbons (Fsp3) is 0.562. The summed E-state index contributed by atoms with van der Waals surface area (Å²) in [5, 5.41) is 16.2. The van der Waals surface area contributed by atoms with Crippen molar-refractivity contribution in [2.45, 2.75) is 31.9 Å². The third-order valence-corrected chi connectivity index (χ3v) is 3.86. The highest BCUT2D eigenvalue weighted by atomic mass is 16.5. The van der Waals surface area contributed by atoms with Gasteiger partial charge in [-0.1, -0.05) is 18.9 Å². The van der Waals surface area contributed by atoms with Crippen molar-refractivity contribution in [3.63, 3.8) is 0 Å². The molecule has 0 aromatic heterocycles. The summed E-state index contributed by atoms with van der Waals surface area (Å²) in [6.45, 7) is 1.44. The molecule has 0 heterocycles. The molecule has 21 heavy (non-hydrogen) atoms. The number of carbonyl (C=O) groups is 1. The largest absolute Gasteiger partial charge is 0.465 e. The van der Waals surface area contributed by atoms with Crippen LogP contribution in [0.2, 0.25) is 0 Å². The number of benzene rings is 1. The molecule has 0 amide bonds. The second kappa shape index (κ2) is 8.00. The lowest BCUT2D eigenvalue weighted by atomic mass is 10.1. The van der Waals surface area contributed by atoms with E-state index in [2.05, 4.69) is 15.4 Å². The van der Waals surface area contributed by atoms with Crippen molar-refractivity contribution in [1.82, 2.24) is 5.32 Å². The van der Waals surface area contributed by atoms with Gasteiger partial charge < -0.3 is 20.5 Å². The van der Waals surface area contributed by atoms with Crippen molar-refractivity contribution in [3.05, 3.63) is 29.8 Å². The summed E-state index contributed by atoms with van der Waals surface area (Å²) in [7, 11) is 1.35.